The molecule has 2 aromatic rings. The Morgan fingerprint density at radius 1 is 1.26 bits per heavy atom. The molecule has 5 rings (SSSR count). The number of hydrogen-bond donors (Lipinski definition) is 3. The zero-order valence-corrected chi connectivity index (χ0v) is 21.7. The molecule has 8 heteroatoms. The number of cyclic esters (lactones) is 1. The Bertz CT molecular complexity index is 1360. The molecular weight excluding hydrogens is 460 g/mol. The molecular formula is C27H34N2O5Si. The van der Waals surface area contributed by atoms with Gasteiger partial charge in [-0.05, 0) is 47.6 Å². The molecule has 186 valence electrons. The minimum Gasteiger partial charge on any atom is -0.505 e. The lowest BCUT2D eigenvalue weighted by molar-refractivity contribution is -0.163. The van der Waals surface area contributed by atoms with E-state index in [1.54, 1.807) is 6.92 Å². The van der Waals surface area contributed by atoms with Crippen LogP contribution in [-0.2, 0) is 28.9 Å². The largest absolute Gasteiger partial charge is 0.505 e. The average Bonchev–Trinajstić information content (AvgIpc) is 3.20. The first-order valence-corrected chi connectivity index (χ1v) is 15.9. The number of fused-ring (bicyclic) bond motifs is 4. The van der Waals surface area contributed by atoms with Crippen LogP contribution in [0.4, 0.5) is 0 Å². The third-order valence-electron chi connectivity index (χ3n) is 7.98. The number of carbonyl (C=O) groups excluding carboxylic acids is 1. The predicted molar refractivity (Wildman–Crippen MR) is 136 cm³/mol. The third kappa shape index (κ3) is 3.97. The first-order valence-electron chi connectivity index (χ1n) is 12.5. The number of nitrogens with zero attached hydrogens (tertiary/aromatic N) is 2. The molecule has 2 aliphatic heterocycles. The van der Waals surface area contributed by atoms with Crippen LogP contribution in [0.25, 0.3) is 11.8 Å². The van der Waals surface area contributed by atoms with E-state index in [0.717, 1.165) is 36.0 Å². The highest BCUT2D eigenvalue weighted by molar-refractivity contribution is 6.77. The fraction of sp³-hybridized carbons (Fsp3) is 0.481. The standard InChI is InChI=1S/C27H34N2O5Si/c1-4-27(33)21-14-22-24(25(31)20(21)16-34-26(27)32)29-15-19-17(9-12-35(2,3)11-6-10-30)7-5-8-18(19)13-23(29)28-22/h5,7-8,13,30-31,33H,4,6,9-12,14-16H2,1-3H3/t27-/m0/s1. The van der Waals surface area contributed by atoms with Crippen molar-refractivity contribution in [2.75, 3.05) is 13.2 Å². The molecule has 0 bridgehead atoms. The lowest BCUT2D eigenvalue weighted by atomic mass is 9.80. The van der Waals surface area contributed by atoms with Crippen molar-refractivity contribution in [1.82, 2.24) is 9.55 Å². The molecule has 35 heavy (non-hydrogen) atoms. The number of ether oxygens (including phenoxy) is 1. The second-order valence-corrected chi connectivity index (χ2v) is 16.1. The Morgan fingerprint density at radius 2 is 2.06 bits per heavy atom. The highest BCUT2D eigenvalue weighted by Crippen LogP contribution is 2.36. The lowest BCUT2D eigenvalue weighted by Crippen LogP contribution is -2.49. The van der Waals surface area contributed by atoms with Crippen molar-refractivity contribution >= 4 is 25.9 Å². The summed E-state index contributed by atoms with van der Waals surface area (Å²) in [7, 11) is -1.39. The number of carbonyl (C=O) groups is 1. The molecule has 3 N–H and O–H groups in total. The number of aliphatic hydroxyl groups is 3. The molecule has 1 aliphatic carbocycles. The second-order valence-electron chi connectivity index (χ2n) is 10.7. The van der Waals surface area contributed by atoms with Gasteiger partial charge in [-0.2, -0.15) is 0 Å². The first-order chi connectivity index (χ1) is 16.7. The Hall–Kier alpha value is -2.68. The van der Waals surface area contributed by atoms with Crippen molar-refractivity contribution in [2.24, 2.45) is 0 Å². The molecule has 0 saturated heterocycles. The topological polar surface area (TPSA) is 105 Å². The van der Waals surface area contributed by atoms with E-state index in [9.17, 15) is 20.1 Å². The zero-order chi connectivity index (χ0) is 25.0. The minimum absolute atomic E-state index is 0.0403. The van der Waals surface area contributed by atoms with Crippen molar-refractivity contribution in [2.45, 2.75) is 69.9 Å². The highest BCUT2D eigenvalue weighted by atomic mass is 28.3. The summed E-state index contributed by atoms with van der Waals surface area (Å²) in [5.41, 5.74) is 4.45. The van der Waals surface area contributed by atoms with Crippen LogP contribution < -0.4 is 10.8 Å². The molecule has 1 atom stereocenters. The average molecular weight is 495 g/mol. The maximum atomic E-state index is 12.4. The van der Waals surface area contributed by atoms with Gasteiger partial charge in [0.2, 0.25) is 0 Å². The van der Waals surface area contributed by atoms with E-state index >= 15 is 0 Å². The number of aliphatic hydroxyl groups excluding tert-OH is 2. The van der Waals surface area contributed by atoms with Gasteiger partial charge in [-0.3, -0.25) is 0 Å². The van der Waals surface area contributed by atoms with Crippen LogP contribution >= 0.6 is 0 Å². The van der Waals surface area contributed by atoms with E-state index in [0.29, 0.717) is 35.2 Å². The molecule has 0 unspecified atom stereocenters. The van der Waals surface area contributed by atoms with Crippen LogP contribution in [0.1, 0.15) is 42.1 Å². The summed E-state index contributed by atoms with van der Waals surface area (Å²) in [6.07, 6.45) is 4.43. The van der Waals surface area contributed by atoms with E-state index in [-0.39, 0.29) is 25.4 Å². The van der Waals surface area contributed by atoms with E-state index in [4.69, 9.17) is 9.72 Å². The van der Waals surface area contributed by atoms with Gasteiger partial charge in [0.05, 0.1) is 12.2 Å². The van der Waals surface area contributed by atoms with Crippen LogP contribution in [0, 0.1) is 0 Å². The summed E-state index contributed by atoms with van der Waals surface area (Å²) in [6, 6.07) is 8.69. The van der Waals surface area contributed by atoms with Gasteiger partial charge in [-0.15, -0.1) is 0 Å². The summed E-state index contributed by atoms with van der Waals surface area (Å²) in [6.45, 7) is 7.35. The van der Waals surface area contributed by atoms with Crippen LogP contribution in [0.2, 0.25) is 25.2 Å². The van der Waals surface area contributed by atoms with Gasteiger partial charge in [-0.1, -0.05) is 50.3 Å². The van der Waals surface area contributed by atoms with Gasteiger partial charge in [0.15, 0.2) is 5.60 Å². The molecule has 0 spiro atoms. The van der Waals surface area contributed by atoms with Gasteiger partial charge in [-0.25, -0.2) is 9.78 Å². The molecule has 3 heterocycles. The van der Waals surface area contributed by atoms with E-state index in [2.05, 4.69) is 41.9 Å². The van der Waals surface area contributed by atoms with Gasteiger partial charge in [0.1, 0.15) is 23.2 Å². The number of imidazole rings is 1. The Balaban J connectivity index is 1.53. The first kappa shape index (κ1) is 24.0. The van der Waals surface area contributed by atoms with E-state index < -0.39 is 19.6 Å². The van der Waals surface area contributed by atoms with Crippen molar-refractivity contribution in [3.63, 3.8) is 0 Å². The Labute approximate surface area is 206 Å². The lowest BCUT2D eigenvalue weighted by Gasteiger charge is -2.35. The second kappa shape index (κ2) is 8.76. The Morgan fingerprint density at radius 3 is 2.80 bits per heavy atom. The Kier molecular flexibility index (Phi) is 6.02. The van der Waals surface area contributed by atoms with Gasteiger partial charge in [0, 0.05) is 26.7 Å². The summed E-state index contributed by atoms with van der Waals surface area (Å²) < 4.78 is 7.30. The maximum Gasteiger partial charge on any atom is 0.342 e. The van der Waals surface area contributed by atoms with Gasteiger partial charge >= 0.3 is 5.97 Å². The number of benzene rings is 1. The molecule has 1 aromatic carbocycles. The molecule has 0 amide bonds. The van der Waals surface area contributed by atoms with Crippen molar-refractivity contribution in [3.05, 3.63) is 62.6 Å². The molecule has 0 radical (unpaired) electrons. The highest BCUT2D eigenvalue weighted by Gasteiger charge is 2.47. The summed E-state index contributed by atoms with van der Waals surface area (Å²) >= 11 is 0. The fourth-order valence-corrected chi connectivity index (χ4v) is 8.01. The molecule has 0 fully saturated rings. The quantitative estimate of drug-likeness (QED) is 0.342. The number of aromatic nitrogens is 2. The van der Waals surface area contributed by atoms with Crippen LogP contribution in [-0.4, -0.2) is 57.7 Å². The van der Waals surface area contributed by atoms with Crippen LogP contribution in [0.15, 0.2) is 29.3 Å². The number of aryl methyl sites for hydroxylation is 1. The van der Waals surface area contributed by atoms with E-state index in [1.165, 1.54) is 11.1 Å². The summed E-state index contributed by atoms with van der Waals surface area (Å²) in [5.74, 6) is -0.612. The molecule has 3 aliphatic rings. The number of esters is 1. The van der Waals surface area contributed by atoms with Crippen molar-refractivity contribution in [1.29, 1.82) is 0 Å². The monoisotopic (exact) mass is 494 g/mol. The SMILES string of the molecule is CC[C@@]1(O)C(=O)OCC2=C1Cc1nc3n(c1=C2O)Cc1c(cccc1CC[Si](C)(C)CCCO)C=3. The minimum atomic E-state index is -1.73. The third-order valence-corrected chi connectivity index (χ3v) is 11.3. The fourth-order valence-electron chi connectivity index (χ4n) is 5.70. The molecule has 1 aromatic heterocycles. The van der Waals surface area contributed by atoms with Gasteiger partial charge in [0.25, 0.3) is 0 Å². The predicted octanol–water partition coefficient (Wildman–Crippen LogP) is 1.92. The summed E-state index contributed by atoms with van der Waals surface area (Å²) in [4.78, 5) is 17.2. The number of hydrogen-bond acceptors (Lipinski definition) is 6. The van der Waals surface area contributed by atoms with Gasteiger partial charge < -0.3 is 24.6 Å². The summed E-state index contributed by atoms with van der Waals surface area (Å²) in [5, 5.41) is 32.2. The molecule has 0 saturated carbocycles. The van der Waals surface area contributed by atoms with E-state index in [1.807, 2.05) is 0 Å². The number of rotatable bonds is 7. The van der Waals surface area contributed by atoms with Crippen molar-refractivity contribution in [3.8, 4) is 0 Å². The van der Waals surface area contributed by atoms with Crippen LogP contribution in [0.5, 0.6) is 0 Å². The van der Waals surface area contributed by atoms with Crippen LogP contribution in [0.3, 0.4) is 0 Å². The normalized spacial score (nSPS) is 21.1. The zero-order valence-electron chi connectivity index (χ0n) is 20.7. The maximum absolute atomic E-state index is 12.4. The smallest absolute Gasteiger partial charge is 0.342 e. The van der Waals surface area contributed by atoms with Crippen molar-refractivity contribution < 1.29 is 24.9 Å². The molecule has 7 nitrogen and oxygen atoms in total.